The Kier molecular flexibility index (Phi) is 3.66. The Morgan fingerprint density at radius 3 is 2.20 bits per heavy atom. The van der Waals surface area contributed by atoms with Gasteiger partial charge in [-0.25, -0.2) is 0 Å². The molecule has 2 aromatic carbocycles. The van der Waals surface area contributed by atoms with Gasteiger partial charge in [0.05, 0.1) is 12.7 Å². The molecule has 0 amide bonds. The van der Waals surface area contributed by atoms with Crippen LogP contribution in [0.3, 0.4) is 0 Å². The van der Waals surface area contributed by atoms with Crippen LogP contribution in [0.4, 0.5) is 13.2 Å². The first-order valence-electron chi connectivity index (χ1n) is 5.72. The maximum Gasteiger partial charge on any atom is 0.420 e. The zero-order valence-corrected chi connectivity index (χ0v) is 10.5. The Morgan fingerprint density at radius 2 is 1.70 bits per heavy atom. The zero-order valence-electron chi connectivity index (χ0n) is 10.5. The van der Waals surface area contributed by atoms with Crippen LogP contribution >= 0.6 is 0 Å². The summed E-state index contributed by atoms with van der Waals surface area (Å²) in [7, 11) is 1.13. The van der Waals surface area contributed by atoms with Crippen molar-refractivity contribution in [2.24, 2.45) is 0 Å². The predicted octanol–water partition coefficient (Wildman–Crippen LogP) is 4.25. The minimum absolute atomic E-state index is 0.117. The number of nitriles is 1. The molecule has 2 rings (SSSR count). The molecule has 0 fully saturated rings. The maximum atomic E-state index is 12.9. The van der Waals surface area contributed by atoms with E-state index in [9.17, 15) is 18.4 Å². The van der Waals surface area contributed by atoms with Crippen LogP contribution in [0, 0.1) is 11.3 Å². The van der Waals surface area contributed by atoms with Gasteiger partial charge in [0.25, 0.3) is 0 Å². The topological polar surface area (TPSA) is 33.0 Å². The smallest absolute Gasteiger partial charge is 0.420 e. The van der Waals surface area contributed by atoms with Gasteiger partial charge in [-0.3, -0.25) is 0 Å². The molecule has 0 saturated heterocycles. The van der Waals surface area contributed by atoms with Crippen molar-refractivity contribution in [1.82, 2.24) is 0 Å². The molecule has 5 heteroatoms. The summed E-state index contributed by atoms with van der Waals surface area (Å²) < 4.78 is 43.5. The highest BCUT2D eigenvalue weighted by molar-refractivity contribution is 5.75. The van der Waals surface area contributed by atoms with Gasteiger partial charge >= 0.3 is 6.18 Å². The number of hydrogen-bond acceptors (Lipinski definition) is 2. The summed E-state index contributed by atoms with van der Waals surface area (Å²) in [6, 6.07) is 12.8. The van der Waals surface area contributed by atoms with E-state index in [0.717, 1.165) is 13.2 Å². The fourth-order valence-corrected chi connectivity index (χ4v) is 1.99. The van der Waals surface area contributed by atoms with Crippen molar-refractivity contribution in [3.63, 3.8) is 0 Å². The van der Waals surface area contributed by atoms with Crippen LogP contribution in [-0.4, -0.2) is 7.11 Å². The minimum atomic E-state index is -4.56. The lowest BCUT2D eigenvalue weighted by Gasteiger charge is -2.15. The lowest BCUT2D eigenvalue weighted by molar-refractivity contribution is -0.138. The Balaban J connectivity index is 2.72. The summed E-state index contributed by atoms with van der Waals surface area (Å²) >= 11 is 0. The fraction of sp³-hybridized carbons (Fsp3) is 0.133. The SMILES string of the molecule is COc1c(C(F)(F)F)ccc(-c2ccccc2)c1C#N. The molecule has 0 saturated carbocycles. The molecule has 2 nitrogen and oxygen atoms in total. The van der Waals surface area contributed by atoms with Crippen molar-refractivity contribution < 1.29 is 17.9 Å². The number of hydrogen-bond donors (Lipinski definition) is 0. The Bertz CT molecular complexity index is 657. The highest BCUT2D eigenvalue weighted by Crippen LogP contribution is 2.41. The third-order valence-electron chi connectivity index (χ3n) is 2.86. The molecular formula is C15H10F3NO. The second-order valence-electron chi connectivity index (χ2n) is 4.04. The number of ether oxygens (including phenoxy) is 1. The lowest BCUT2D eigenvalue weighted by atomic mass is 9.96. The number of alkyl halides is 3. The van der Waals surface area contributed by atoms with Crippen molar-refractivity contribution in [1.29, 1.82) is 5.26 Å². The van der Waals surface area contributed by atoms with Gasteiger partial charge in [-0.1, -0.05) is 36.4 Å². The van der Waals surface area contributed by atoms with E-state index in [4.69, 9.17) is 4.74 Å². The highest BCUT2D eigenvalue weighted by atomic mass is 19.4. The maximum absolute atomic E-state index is 12.9. The van der Waals surface area contributed by atoms with Crippen LogP contribution in [0.1, 0.15) is 11.1 Å². The van der Waals surface area contributed by atoms with Gasteiger partial charge in [0.1, 0.15) is 17.4 Å². The van der Waals surface area contributed by atoms with Gasteiger partial charge in [-0.2, -0.15) is 18.4 Å². The summed E-state index contributed by atoms with van der Waals surface area (Å²) in [6.45, 7) is 0. The fourth-order valence-electron chi connectivity index (χ4n) is 1.99. The second-order valence-corrected chi connectivity index (χ2v) is 4.04. The molecule has 0 bridgehead atoms. The normalized spacial score (nSPS) is 10.9. The number of methoxy groups -OCH3 is 1. The molecule has 0 spiro atoms. The van der Waals surface area contributed by atoms with E-state index in [0.29, 0.717) is 11.1 Å². The molecule has 102 valence electrons. The third-order valence-corrected chi connectivity index (χ3v) is 2.86. The average molecular weight is 277 g/mol. The van der Waals surface area contributed by atoms with Gasteiger partial charge in [-0.15, -0.1) is 0 Å². The van der Waals surface area contributed by atoms with E-state index in [1.807, 2.05) is 0 Å². The van der Waals surface area contributed by atoms with Crippen LogP contribution in [-0.2, 0) is 6.18 Å². The van der Waals surface area contributed by atoms with Gasteiger partial charge in [0, 0.05) is 5.56 Å². The molecule has 20 heavy (non-hydrogen) atoms. The largest absolute Gasteiger partial charge is 0.495 e. The van der Waals surface area contributed by atoms with Crippen molar-refractivity contribution >= 4 is 0 Å². The standard InChI is InChI=1S/C15H10F3NO/c1-20-14-12(9-19)11(10-5-3-2-4-6-10)7-8-13(14)15(16,17)18/h2-8H,1H3. The number of benzene rings is 2. The van der Waals surface area contributed by atoms with Crippen LogP contribution in [0.2, 0.25) is 0 Å². The average Bonchev–Trinajstić information content (AvgIpc) is 2.45. The summed E-state index contributed by atoms with van der Waals surface area (Å²) in [4.78, 5) is 0. The molecule has 0 atom stereocenters. The van der Waals surface area contributed by atoms with Gasteiger partial charge in [0.15, 0.2) is 0 Å². The molecule has 0 unspecified atom stereocenters. The highest BCUT2D eigenvalue weighted by Gasteiger charge is 2.36. The van der Waals surface area contributed by atoms with Crippen LogP contribution < -0.4 is 4.74 Å². The van der Waals surface area contributed by atoms with E-state index in [2.05, 4.69) is 0 Å². The van der Waals surface area contributed by atoms with Crippen molar-refractivity contribution in [2.45, 2.75) is 6.18 Å². The van der Waals surface area contributed by atoms with E-state index in [1.165, 1.54) is 6.07 Å². The van der Waals surface area contributed by atoms with Crippen molar-refractivity contribution in [3.8, 4) is 22.9 Å². The van der Waals surface area contributed by atoms with Gasteiger partial charge in [-0.05, 0) is 11.6 Å². The van der Waals surface area contributed by atoms with Crippen molar-refractivity contribution in [2.75, 3.05) is 7.11 Å². The predicted molar refractivity (Wildman–Crippen MR) is 68.1 cm³/mol. The minimum Gasteiger partial charge on any atom is -0.495 e. The molecule has 0 aliphatic rings. The van der Waals surface area contributed by atoms with E-state index >= 15 is 0 Å². The summed E-state index contributed by atoms with van der Waals surface area (Å²) in [6.07, 6.45) is -4.56. The summed E-state index contributed by atoms with van der Waals surface area (Å²) in [5, 5.41) is 9.18. The number of nitrogens with zero attached hydrogens (tertiary/aromatic N) is 1. The van der Waals surface area contributed by atoms with E-state index in [-0.39, 0.29) is 5.56 Å². The Labute approximate surface area is 114 Å². The first-order valence-corrected chi connectivity index (χ1v) is 5.72. The molecule has 0 aliphatic heterocycles. The Hall–Kier alpha value is -2.48. The van der Waals surface area contributed by atoms with E-state index < -0.39 is 17.5 Å². The molecule has 0 aromatic heterocycles. The van der Waals surface area contributed by atoms with Crippen LogP contribution in [0.25, 0.3) is 11.1 Å². The van der Waals surface area contributed by atoms with Gasteiger partial charge in [0.2, 0.25) is 0 Å². The third kappa shape index (κ3) is 2.45. The number of halogens is 3. The molecule has 0 N–H and O–H groups in total. The summed E-state index contributed by atoms with van der Waals surface area (Å²) in [5.41, 5.74) is 0.0128. The van der Waals surface area contributed by atoms with E-state index in [1.54, 1.807) is 36.4 Å². The monoisotopic (exact) mass is 277 g/mol. The lowest BCUT2D eigenvalue weighted by Crippen LogP contribution is -2.09. The second kappa shape index (κ2) is 5.25. The van der Waals surface area contributed by atoms with Crippen LogP contribution in [0.5, 0.6) is 5.75 Å². The molecule has 0 radical (unpaired) electrons. The van der Waals surface area contributed by atoms with Crippen LogP contribution in [0.15, 0.2) is 42.5 Å². The Morgan fingerprint density at radius 1 is 1.05 bits per heavy atom. The number of rotatable bonds is 2. The molecular weight excluding hydrogens is 267 g/mol. The summed E-state index contributed by atoms with van der Waals surface area (Å²) in [5.74, 6) is -0.443. The zero-order chi connectivity index (χ0) is 14.8. The van der Waals surface area contributed by atoms with Crippen molar-refractivity contribution in [3.05, 3.63) is 53.6 Å². The quantitative estimate of drug-likeness (QED) is 0.822. The molecule has 2 aromatic rings. The first-order chi connectivity index (χ1) is 9.49. The molecule has 0 heterocycles. The first kappa shape index (κ1) is 13.9. The van der Waals surface area contributed by atoms with Gasteiger partial charge < -0.3 is 4.74 Å². The molecule has 0 aliphatic carbocycles.